The van der Waals surface area contributed by atoms with Crippen LogP contribution in [0.4, 0.5) is 9.18 Å². The van der Waals surface area contributed by atoms with Gasteiger partial charge in [-0.25, -0.2) is 9.78 Å². The minimum Gasteiger partial charge on any atom is -0.486 e. The molecule has 0 radical (unpaired) electrons. The van der Waals surface area contributed by atoms with E-state index in [-0.39, 0.29) is 24.5 Å². The Hall–Kier alpha value is -3.17. The molecule has 2 heterocycles. The Morgan fingerprint density at radius 3 is 2.67 bits per heavy atom. The van der Waals surface area contributed by atoms with Crippen LogP contribution in [0, 0.1) is 11.9 Å². The fourth-order valence-electron chi connectivity index (χ4n) is 4.32. The number of halogens is 1. The van der Waals surface area contributed by atoms with Gasteiger partial charge in [0.05, 0.1) is 29.6 Å². The first-order valence-corrected chi connectivity index (χ1v) is 11.3. The lowest BCUT2D eigenvalue weighted by molar-refractivity contribution is -0.143. The molecule has 2 aromatic rings. The fourth-order valence-corrected chi connectivity index (χ4v) is 4.32. The Kier molecular flexibility index (Phi) is 6.80. The van der Waals surface area contributed by atoms with E-state index in [1.54, 1.807) is 35.9 Å². The van der Waals surface area contributed by atoms with Crippen LogP contribution in [0.2, 0.25) is 0 Å². The summed E-state index contributed by atoms with van der Waals surface area (Å²) in [5, 5.41) is 13.4. The summed E-state index contributed by atoms with van der Waals surface area (Å²) in [6.07, 6.45) is 6.25. The van der Waals surface area contributed by atoms with E-state index >= 15 is 0 Å². The van der Waals surface area contributed by atoms with E-state index in [0.717, 1.165) is 25.7 Å². The molecule has 10 heteroatoms. The third-order valence-electron chi connectivity index (χ3n) is 6.66. The summed E-state index contributed by atoms with van der Waals surface area (Å²) in [5.74, 6) is -2.10. The SMILES string of the molecule is CN(C(=O)OCc1c(-c2ccc(O[C@H]3CCC[C@H](C(=O)O)C3)c(F)n2)cnn1C)C1CCC1. The Labute approximate surface area is 191 Å². The van der Waals surface area contributed by atoms with Crippen molar-refractivity contribution in [1.29, 1.82) is 0 Å². The smallest absolute Gasteiger partial charge is 0.410 e. The van der Waals surface area contributed by atoms with Crippen LogP contribution in [0.3, 0.4) is 0 Å². The second-order valence-corrected chi connectivity index (χ2v) is 8.81. The number of carboxylic acid groups (broad SMARTS) is 1. The van der Waals surface area contributed by atoms with Crippen molar-refractivity contribution in [2.45, 2.75) is 63.7 Å². The number of aromatic nitrogens is 3. The van der Waals surface area contributed by atoms with Crippen molar-refractivity contribution in [2.75, 3.05) is 7.05 Å². The first-order valence-electron chi connectivity index (χ1n) is 11.3. The molecule has 0 unspecified atom stereocenters. The highest BCUT2D eigenvalue weighted by Crippen LogP contribution is 2.31. The van der Waals surface area contributed by atoms with Crippen molar-refractivity contribution >= 4 is 12.1 Å². The van der Waals surface area contributed by atoms with Crippen LogP contribution in [-0.2, 0) is 23.2 Å². The van der Waals surface area contributed by atoms with Crippen molar-refractivity contribution in [3.63, 3.8) is 0 Å². The number of hydrogen-bond acceptors (Lipinski definition) is 6. The summed E-state index contributed by atoms with van der Waals surface area (Å²) in [4.78, 5) is 29.2. The second-order valence-electron chi connectivity index (χ2n) is 8.81. The predicted molar refractivity (Wildman–Crippen MR) is 116 cm³/mol. The van der Waals surface area contributed by atoms with E-state index in [4.69, 9.17) is 9.47 Å². The molecular formula is C23H29FN4O5. The van der Waals surface area contributed by atoms with Gasteiger partial charge in [0, 0.05) is 25.7 Å². The number of carboxylic acids is 1. The highest BCUT2D eigenvalue weighted by atomic mass is 19.1. The molecule has 9 nitrogen and oxygen atoms in total. The van der Waals surface area contributed by atoms with E-state index in [0.29, 0.717) is 36.2 Å². The fraction of sp³-hybridized carbons (Fsp3) is 0.565. The molecule has 0 aromatic carbocycles. The number of rotatable bonds is 7. The number of carbonyl (C=O) groups excluding carboxylic acids is 1. The average Bonchev–Trinajstić information content (AvgIpc) is 3.12. The summed E-state index contributed by atoms with van der Waals surface area (Å²) in [5.41, 5.74) is 1.51. The van der Waals surface area contributed by atoms with Gasteiger partial charge in [-0.15, -0.1) is 0 Å². The Morgan fingerprint density at radius 2 is 2.00 bits per heavy atom. The highest BCUT2D eigenvalue weighted by molar-refractivity contribution is 5.70. The summed E-state index contributed by atoms with van der Waals surface area (Å²) >= 11 is 0. The summed E-state index contributed by atoms with van der Waals surface area (Å²) < 4.78 is 27.5. The Morgan fingerprint density at radius 1 is 1.24 bits per heavy atom. The average molecular weight is 461 g/mol. The number of pyridine rings is 1. The first-order chi connectivity index (χ1) is 15.8. The maximum absolute atomic E-state index is 14.8. The Balaban J connectivity index is 1.43. The van der Waals surface area contributed by atoms with Gasteiger partial charge in [0.1, 0.15) is 6.61 Å². The highest BCUT2D eigenvalue weighted by Gasteiger charge is 2.29. The number of carbonyl (C=O) groups is 2. The van der Waals surface area contributed by atoms with Gasteiger partial charge in [0.25, 0.3) is 5.95 Å². The molecule has 1 amide bonds. The molecule has 0 bridgehead atoms. The number of nitrogens with zero attached hydrogens (tertiary/aromatic N) is 4. The lowest BCUT2D eigenvalue weighted by Gasteiger charge is -2.33. The number of amides is 1. The van der Waals surface area contributed by atoms with E-state index in [9.17, 15) is 19.1 Å². The third-order valence-corrected chi connectivity index (χ3v) is 6.66. The number of hydrogen-bond donors (Lipinski definition) is 1. The van der Waals surface area contributed by atoms with Gasteiger partial charge < -0.3 is 19.5 Å². The van der Waals surface area contributed by atoms with Gasteiger partial charge in [-0.1, -0.05) is 0 Å². The number of ether oxygens (including phenoxy) is 2. The lowest BCUT2D eigenvalue weighted by atomic mass is 9.87. The van der Waals surface area contributed by atoms with Gasteiger partial charge in [-0.05, 0) is 57.1 Å². The Bertz CT molecular complexity index is 1020. The predicted octanol–water partition coefficient (Wildman–Crippen LogP) is 3.76. The zero-order valence-corrected chi connectivity index (χ0v) is 18.9. The molecule has 0 aliphatic heterocycles. The van der Waals surface area contributed by atoms with E-state index in [1.807, 2.05) is 0 Å². The second kappa shape index (κ2) is 9.76. The number of aliphatic carboxylic acids is 1. The van der Waals surface area contributed by atoms with Crippen LogP contribution in [-0.4, -0.2) is 56.0 Å². The van der Waals surface area contributed by atoms with E-state index < -0.39 is 23.9 Å². The van der Waals surface area contributed by atoms with E-state index in [1.165, 1.54) is 6.07 Å². The van der Waals surface area contributed by atoms with Crippen LogP contribution < -0.4 is 4.74 Å². The molecule has 2 aliphatic rings. The zero-order valence-electron chi connectivity index (χ0n) is 18.9. The number of aryl methyl sites for hydroxylation is 1. The molecule has 2 atom stereocenters. The van der Waals surface area contributed by atoms with E-state index in [2.05, 4.69) is 10.1 Å². The topological polar surface area (TPSA) is 107 Å². The summed E-state index contributed by atoms with van der Waals surface area (Å²) in [6, 6.07) is 3.34. The molecule has 2 saturated carbocycles. The van der Waals surface area contributed by atoms with Gasteiger partial charge >= 0.3 is 12.1 Å². The first kappa shape index (κ1) is 23.0. The molecule has 2 aliphatic carbocycles. The quantitative estimate of drug-likeness (QED) is 0.627. The maximum Gasteiger partial charge on any atom is 0.410 e. The van der Waals surface area contributed by atoms with Crippen molar-refractivity contribution in [2.24, 2.45) is 13.0 Å². The lowest BCUT2D eigenvalue weighted by Crippen LogP contribution is -2.41. The van der Waals surface area contributed by atoms with Gasteiger partial charge in [0.2, 0.25) is 0 Å². The molecule has 178 valence electrons. The monoisotopic (exact) mass is 460 g/mol. The summed E-state index contributed by atoms with van der Waals surface area (Å²) in [6.45, 7) is -0.0120. The molecule has 2 aromatic heterocycles. The molecular weight excluding hydrogens is 431 g/mol. The molecule has 2 fully saturated rings. The third kappa shape index (κ3) is 5.09. The van der Waals surface area contributed by atoms with Crippen molar-refractivity contribution < 1.29 is 28.6 Å². The molecule has 33 heavy (non-hydrogen) atoms. The van der Waals surface area contributed by atoms with Crippen LogP contribution in [0.5, 0.6) is 5.75 Å². The van der Waals surface area contributed by atoms with Gasteiger partial charge in [0.15, 0.2) is 5.75 Å². The van der Waals surface area contributed by atoms with Gasteiger partial charge in [-0.2, -0.15) is 9.49 Å². The van der Waals surface area contributed by atoms with Crippen molar-refractivity contribution in [3.05, 3.63) is 30.0 Å². The maximum atomic E-state index is 14.8. The summed E-state index contributed by atoms with van der Waals surface area (Å²) in [7, 11) is 3.45. The standard InChI is InChI=1S/C23H29FN4O5/c1-27(15-6-4-7-15)23(31)32-13-19-17(12-25-28(19)2)18-9-10-20(21(24)26-18)33-16-8-3-5-14(11-16)22(29)30/h9-10,12,14-16H,3-8,11,13H2,1-2H3,(H,29,30)/t14-,16-/m0/s1. The normalized spacial score (nSPS) is 20.7. The largest absolute Gasteiger partial charge is 0.486 e. The molecule has 0 spiro atoms. The molecule has 1 N–H and O–H groups in total. The minimum atomic E-state index is -0.846. The zero-order chi connectivity index (χ0) is 23.5. The van der Waals surface area contributed by atoms with Gasteiger partial charge in [-0.3, -0.25) is 9.48 Å². The van der Waals surface area contributed by atoms with Crippen LogP contribution in [0.15, 0.2) is 18.3 Å². The van der Waals surface area contributed by atoms with Crippen LogP contribution in [0.25, 0.3) is 11.3 Å². The van der Waals surface area contributed by atoms with Crippen LogP contribution in [0.1, 0.15) is 50.6 Å². The minimum absolute atomic E-state index is 0.00576. The molecule has 4 rings (SSSR count). The van der Waals surface area contributed by atoms with Crippen LogP contribution >= 0.6 is 0 Å². The van der Waals surface area contributed by atoms with Crippen molar-refractivity contribution in [3.8, 4) is 17.0 Å². The molecule has 0 saturated heterocycles. The van der Waals surface area contributed by atoms with Crippen molar-refractivity contribution in [1.82, 2.24) is 19.7 Å².